The van der Waals surface area contributed by atoms with Crippen molar-refractivity contribution in [1.82, 2.24) is 0 Å². The minimum atomic E-state index is -0.461. The van der Waals surface area contributed by atoms with Gasteiger partial charge in [0.05, 0.1) is 25.8 Å². The molecule has 0 aliphatic heterocycles. The first kappa shape index (κ1) is 14.7. The van der Waals surface area contributed by atoms with Crippen LogP contribution in [-0.4, -0.2) is 12.9 Å². The van der Waals surface area contributed by atoms with E-state index in [1.54, 1.807) is 6.07 Å². The Bertz CT molecular complexity index is 633. The van der Waals surface area contributed by atoms with Crippen molar-refractivity contribution in [3.8, 4) is 5.75 Å². The third kappa shape index (κ3) is 2.90. The molecule has 19 heavy (non-hydrogen) atoms. The van der Waals surface area contributed by atoms with Crippen LogP contribution in [0, 0.1) is 12.7 Å². The maximum absolute atomic E-state index is 13.4. The summed E-state index contributed by atoms with van der Waals surface area (Å²) in [6.45, 7) is 1.91. The number of thiophene rings is 1. The molecule has 1 aromatic carbocycles. The topological polar surface area (TPSA) is 26.3 Å². The number of hydrogen-bond acceptors (Lipinski definition) is 3. The highest BCUT2D eigenvalue weighted by atomic mass is 79.9. The van der Waals surface area contributed by atoms with E-state index >= 15 is 0 Å². The highest BCUT2D eigenvalue weighted by Gasteiger charge is 2.19. The normalized spacial score (nSPS) is 10.6. The second-order valence-corrected chi connectivity index (χ2v) is 7.09. The first-order chi connectivity index (χ1) is 8.93. The van der Waals surface area contributed by atoms with Gasteiger partial charge in [0.1, 0.15) is 11.6 Å². The van der Waals surface area contributed by atoms with E-state index in [9.17, 15) is 9.18 Å². The molecule has 100 valence electrons. The monoisotopic (exact) mass is 406 g/mol. The average molecular weight is 408 g/mol. The maximum Gasteiger partial charge on any atom is 0.206 e. The van der Waals surface area contributed by atoms with Crippen molar-refractivity contribution in [2.45, 2.75) is 6.92 Å². The van der Waals surface area contributed by atoms with Gasteiger partial charge in [-0.1, -0.05) is 0 Å². The summed E-state index contributed by atoms with van der Waals surface area (Å²) in [6, 6.07) is 4.44. The van der Waals surface area contributed by atoms with E-state index in [0.717, 1.165) is 9.35 Å². The molecule has 0 amide bonds. The summed E-state index contributed by atoms with van der Waals surface area (Å²) in [4.78, 5) is 13.0. The van der Waals surface area contributed by atoms with Gasteiger partial charge in [0.25, 0.3) is 0 Å². The molecule has 0 N–H and O–H groups in total. The number of ether oxygens (including phenoxy) is 1. The second-order valence-electron chi connectivity index (χ2n) is 3.86. The quantitative estimate of drug-likeness (QED) is 0.672. The van der Waals surface area contributed by atoms with Gasteiger partial charge >= 0.3 is 0 Å². The second kappa shape index (κ2) is 5.73. The SMILES string of the molecule is COc1cc(F)c(Br)cc1C(=O)c1cc(C)c(Br)s1. The van der Waals surface area contributed by atoms with E-state index < -0.39 is 5.82 Å². The molecule has 0 aliphatic carbocycles. The number of carbonyl (C=O) groups is 1. The van der Waals surface area contributed by atoms with Gasteiger partial charge in [-0.05, 0) is 56.5 Å². The van der Waals surface area contributed by atoms with Crippen LogP contribution < -0.4 is 4.74 Å². The molecule has 0 saturated heterocycles. The fourth-order valence-corrected chi connectivity index (χ4v) is 3.41. The van der Waals surface area contributed by atoms with Gasteiger partial charge in [0.2, 0.25) is 5.78 Å². The van der Waals surface area contributed by atoms with E-state index in [0.29, 0.717) is 10.4 Å². The number of carbonyl (C=O) groups excluding carboxylic acids is 1. The molecular weight excluding hydrogens is 399 g/mol. The summed E-state index contributed by atoms with van der Waals surface area (Å²) >= 11 is 7.81. The van der Waals surface area contributed by atoms with Gasteiger partial charge in [0, 0.05) is 6.07 Å². The van der Waals surface area contributed by atoms with E-state index in [4.69, 9.17) is 4.74 Å². The van der Waals surface area contributed by atoms with Crippen molar-refractivity contribution in [3.05, 3.63) is 48.3 Å². The standard InChI is InChI=1S/C13H9Br2FO2S/c1-6-3-11(19-13(6)15)12(17)7-4-8(14)9(16)5-10(7)18-2/h3-5H,1-2H3. The molecule has 0 spiro atoms. The molecule has 0 radical (unpaired) electrons. The van der Waals surface area contributed by atoms with Crippen LogP contribution in [0.1, 0.15) is 20.8 Å². The molecule has 0 atom stereocenters. The van der Waals surface area contributed by atoms with Crippen LogP contribution in [0.25, 0.3) is 0 Å². The number of ketones is 1. The molecule has 0 aliphatic rings. The predicted octanol–water partition coefficient (Wildman–Crippen LogP) is 4.96. The van der Waals surface area contributed by atoms with Gasteiger partial charge in [-0.2, -0.15) is 0 Å². The maximum atomic E-state index is 13.4. The Morgan fingerprint density at radius 3 is 2.53 bits per heavy atom. The highest BCUT2D eigenvalue weighted by molar-refractivity contribution is 9.11. The lowest BCUT2D eigenvalue weighted by atomic mass is 10.1. The van der Waals surface area contributed by atoms with Crippen molar-refractivity contribution in [2.75, 3.05) is 7.11 Å². The van der Waals surface area contributed by atoms with Gasteiger partial charge in [-0.25, -0.2) is 4.39 Å². The van der Waals surface area contributed by atoms with Crippen LogP contribution in [0.3, 0.4) is 0 Å². The van der Waals surface area contributed by atoms with Gasteiger partial charge < -0.3 is 4.74 Å². The van der Waals surface area contributed by atoms with Crippen LogP contribution in [-0.2, 0) is 0 Å². The number of benzene rings is 1. The zero-order valence-corrected chi connectivity index (χ0v) is 14.1. The highest BCUT2D eigenvalue weighted by Crippen LogP contribution is 2.33. The summed E-state index contributed by atoms with van der Waals surface area (Å²) in [5, 5.41) is 0. The van der Waals surface area contributed by atoms with E-state index in [-0.39, 0.29) is 16.0 Å². The van der Waals surface area contributed by atoms with Crippen LogP contribution >= 0.6 is 43.2 Å². The molecule has 2 rings (SSSR count). The molecular formula is C13H9Br2FO2S. The predicted molar refractivity (Wildman–Crippen MR) is 80.8 cm³/mol. The molecule has 6 heteroatoms. The molecule has 0 saturated carbocycles. The van der Waals surface area contributed by atoms with E-state index in [2.05, 4.69) is 31.9 Å². The Morgan fingerprint density at radius 2 is 2.00 bits per heavy atom. The van der Waals surface area contributed by atoms with E-state index in [1.165, 1.54) is 30.6 Å². The van der Waals surface area contributed by atoms with Gasteiger partial charge in [0.15, 0.2) is 0 Å². The number of methoxy groups -OCH3 is 1. The number of rotatable bonds is 3. The van der Waals surface area contributed by atoms with Crippen molar-refractivity contribution < 1.29 is 13.9 Å². The molecule has 2 nitrogen and oxygen atoms in total. The van der Waals surface area contributed by atoms with Crippen LogP contribution in [0.15, 0.2) is 26.5 Å². The summed E-state index contributed by atoms with van der Waals surface area (Å²) in [5.74, 6) is -0.416. The minimum Gasteiger partial charge on any atom is -0.496 e. The fraction of sp³-hybridized carbons (Fsp3) is 0.154. The molecule has 1 aromatic heterocycles. The Hall–Kier alpha value is -0.720. The smallest absolute Gasteiger partial charge is 0.206 e. The lowest BCUT2D eigenvalue weighted by Gasteiger charge is -2.08. The van der Waals surface area contributed by atoms with Crippen LogP contribution in [0.5, 0.6) is 5.75 Å². The van der Waals surface area contributed by atoms with Crippen LogP contribution in [0.2, 0.25) is 0 Å². The fourth-order valence-electron chi connectivity index (χ4n) is 1.58. The van der Waals surface area contributed by atoms with Crippen LogP contribution in [0.4, 0.5) is 4.39 Å². The minimum absolute atomic E-state index is 0.184. The summed E-state index contributed by atoms with van der Waals surface area (Å²) < 4.78 is 19.7. The number of halogens is 3. The molecule has 2 aromatic rings. The lowest BCUT2D eigenvalue weighted by Crippen LogP contribution is -2.03. The Morgan fingerprint density at radius 1 is 1.32 bits per heavy atom. The van der Waals surface area contributed by atoms with Gasteiger partial charge in [-0.15, -0.1) is 11.3 Å². The Kier molecular flexibility index (Phi) is 4.43. The summed E-state index contributed by atoms with van der Waals surface area (Å²) in [7, 11) is 1.41. The number of hydrogen-bond donors (Lipinski definition) is 0. The van der Waals surface area contributed by atoms with Crippen molar-refractivity contribution in [1.29, 1.82) is 0 Å². The third-order valence-electron chi connectivity index (χ3n) is 2.57. The van der Waals surface area contributed by atoms with E-state index in [1.807, 2.05) is 6.92 Å². The Labute approximate surface area is 130 Å². The Balaban J connectivity index is 2.52. The van der Waals surface area contributed by atoms with Crippen molar-refractivity contribution >= 4 is 49.0 Å². The third-order valence-corrected chi connectivity index (χ3v) is 5.31. The largest absolute Gasteiger partial charge is 0.496 e. The first-order valence-electron chi connectivity index (χ1n) is 5.27. The number of aryl methyl sites for hydroxylation is 1. The summed E-state index contributed by atoms with van der Waals surface area (Å²) in [5.41, 5.74) is 1.33. The molecule has 0 unspecified atom stereocenters. The van der Waals surface area contributed by atoms with Gasteiger partial charge in [-0.3, -0.25) is 4.79 Å². The molecule has 0 bridgehead atoms. The lowest BCUT2D eigenvalue weighted by molar-refractivity contribution is 0.103. The van der Waals surface area contributed by atoms with Crippen molar-refractivity contribution in [3.63, 3.8) is 0 Å². The average Bonchev–Trinajstić information content (AvgIpc) is 2.71. The summed E-state index contributed by atoms with van der Waals surface area (Å²) in [6.07, 6.45) is 0. The zero-order chi connectivity index (χ0) is 14.2. The molecule has 1 heterocycles. The zero-order valence-electron chi connectivity index (χ0n) is 10.1. The van der Waals surface area contributed by atoms with Crippen molar-refractivity contribution in [2.24, 2.45) is 0 Å². The molecule has 0 fully saturated rings. The first-order valence-corrected chi connectivity index (χ1v) is 7.68.